The Bertz CT molecular complexity index is 381. The lowest BCUT2D eigenvalue weighted by Gasteiger charge is -2.11. The van der Waals surface area contributed by atoms with Gasteiger partial charge >= 0.3 is 0 Å². The van der Waals surface area contributed by atoms with Crippen molar-refractivity contribution in [3.05, 3.63) is 22.7 Å². The van der Waals surface area contributed by atoms with Gasteiger partial charge in [-0.05, 0) is 12.5 Å². The van der Waals surface area contributed by atoms with Crippen molar-refractivity contribution >= 4 is 11.6 Å². The number of hydrogen-bond donors (Lipinski definition) is 1. The van der Waals surface area contributed by atoms with Crippen LogP contribution in [0.15, 0.2) is 12.1 Å². The summed E-state index contributed by atoms with van der Waals surface area (Å²) in [7, 11) is 3.24. The van der Waals surface area contributed by atoms with E-state index < -0.39 is 0 Å². The monoisotopic (exact) mass is 227 g/mol. The molecular weight excluding hydrogens is 214 g/mol. The first-order valence-electron chi connectivity index (χ1n) is 4.84. The number of methoxy groups -OCH3 is 2. The maximum Gasteiger partial charge on any atom is 0.138 e. The van der Waals surface area contributed by atoms with Crippen molar-refractivity contribution in [2.45, 2.75) is 18.4 Å². The molecule has 2 atom stereocenters. The summed E-state index contributed by atoms with van der Waals surface area (Å²) < 4.78 is 10.4. The van der Waals surface area contributed by atoms with Gasteiger partial charge in [-0.3, -0.25) is 0 Å². The third kappa shape index (κ3) is 1.90. The topological polar surface area (TPSA) is 44.5 Å². The van der Waals surface area contributed by atoms with Gasteiger partial charge in [-0.15, -0.1) is 0 Å². The van der Waals surface area contributed by atoms with E-state index in [9.17, 15) is 0 Å². The van der Waals surface area contributed by atoms with Gasteiger partial charge in [0.2, 0.25) is 0 Å². The zero-order valence-electron chi connectivity index (χ0n) is 8.79. The Morgan fingerprint density at radius 3 is 2.33 bits per heavy atom. The van der Waals surface area contributed by atoms with E-state index in [1.54, 1.807) is 20.3 Å². The second-order valence-electron chi connectivity index (χ2n) is 3.73. The Morgan fingerprint density at radius 1 is 1.27 bits per heavy atom. The van der Waals surface area contributed by atoms with Gasteiger partial charge in [-0.1, -0.05) is 11.6 Å². The number of nitrogens with two attached hydrogens (primary N) is 1. The Hall–Kier alpha value is -0.930. The van der Waals surface area contributed by atoms with Gasteiger partial charge in [0.1, 0.15) is 11.5 Å². The number of hydrogen-bond acceptors (Lipinski definition) is 3. The number of benzene rings is 1. The SMILES string of the molecule is COc1cc([C@@H]2C[C@H]2N)c(OC)cc1Cl. The van der Waals surface area contributed by atoms with Gasteiger partial charge in [0.05, 0.1) is 19.2 Å². The summed E-state index contributed by atoms with van der Waals surface area (Å²) in [4.78, 5) is 0. The number of rotatable bonds is 3. The largest absolute Gasteiger partial charge is 0.496 e. The van der Waals surface area contributed by atoms with Gasteiger partial charge in [-0.2, -0.15) is 0 Å². The molecule has 0 aliphatic heterocycles. The Balaban J connectivity index is 2.42. The molecule has 82 valence electrons. The van der Waals surface area contributed by atoms with E-state index in [2.05, 4.69) is 0 Å². The molecule has 4 heteroatoms. The molecule has 0 unspecified atom stereocenters. The molecule has 1 aromatic rings. The van der Waals surface area contributed by atoms with Gasteiger partial charge in [0.15, 0.2) is 0 Å². The van der Waals surface area contributed by atoms with Crippen molar-refractivity contribution in [1.82, 2.24) is 0 Å². The zero-order chi connectivity index (χ0) is 11.0. The standard InChI is InChI=1S/C11H14ClNO2/c1-14-10-5-8(12)11(15-2)4-7(10)6-3-9(6)13/h4-6,9H,3,13H2,1-2H3/t6-,9+/m0/s1. The highest BCUT2D eigenvalue weighted by Crippen LogP contribution is 2.46. The molecule has 0 aromatic heterocycles. The first kappa shape index (κ1) is 10.6. The first-order valence-corrected chi connectivity index (χ1v) is 5.22. The van der Waals surface area contributed by atoms with Crippen molar-refractivity contribution in [2.75, 3.05) is 14.2 Å². The highest BCUT2D eigenvalue weighted by Gasteiger charge is 2.37. The lowest BCUT2D eigenvalue weighted by molar-refractivity contribution is 0.399. The summed E-state index contributed by atoms with van der Waals surface area (Å²) in [6.07, 6.45) is 1.00. The predicted molar refractivity (Wildman–Crippen MR) is 59.9 cm³/mol. The maximum absolute atomic E-state index is 6.01. The minimum atomic E-state index is 0.241. The van der Waals surface area contributed by atoms with Crippen LogP contribution in [0.2, 0.25) is 5.02 Å². The fraction of sp³-hybridized carbons (Fsp3) is 0.455. The summed E-state index contributed by atoms with van der Waals surface area (Å²) in [6, 6.07) is 3.93. The van der Waals surface area contributed by atoms with Crippen LogP contribution < -0.4 is 15.2 Å². The molecule has 0 saturated heterocycles. The average Bonchev–Trinajstić information content (AvgIpc) is 2.95. The van der Waals surface area contributed by atoms with E-state index in [0.29, 0.717) is 16.7 Å². The van der Waals surface area contributed by atoms with Crippen LogP contribution >= 0.6 is 11.6 Å². The number of halogens is 1. The molecule has 15 heavy (non-hydrogen) atoms. The summed E-state index contributed by atoms with van der Waals surface area (Å²) in [5.41, 5.74) is 6.91. The minimum Gasteiger partial charge on any atom is -0.496 e. The lowest BCUT2D eigenvalue weighted by atomic mass is 10.1. The van der Waals surface area contributed by atoms with E-state index in [1.165, 1.54) is 0 Å². The highest BCUT2D eigenvalue weighted by molar-refractivity contribution is 6.32. The van der Waals surface area contributed by atoms with E-state index in [4.69, 9.17) is 26.8 Å². The third-order valence-corrected chi connectivity index (χ3v) is 3.04. The molecule has 3 nitrogen and oxygen atoms in total. The smallest absolute Gasteiger partial charge is 0.138 e. The third-order valence-electron chi connectivity index (χ3n) is 2.74. The highest BCUT2D eigenvalue weighted by atomic mass is 35.5. The van der Waals surface area contributed by atoms with Crippen LogP contribution in [0, 0.1) is 0 Å². The summed E-state index contributed by atoms with van der Waals surface area (Å²) in [6.45, 7) is 0. The summed E-state index contributed by atoms with van der Waals surface area (Å²) in [5, 5.41) is 0.562. The Morgan fingerprint density at radius 2 is 1.87 bits per heavy atom. The van der Waals surface area contributed by atoms with Crippen LogP contribution in [-0.2, 0) is 0 Å². The van der Waals surface area contributed by atoms with Gasteiger partial charge in [0.25, 0.3) is 0 Å². The average molecular weight is 228 g/mol. The van der Waals surface area contributed by atoms with E-state index >= 15 is 0 Å². The Labute approximate surface area is 94.1 Å². The van der Waals surface area contributed by atoms with Crippen LogP contribution in [0.5, 0.6) is 11.5 Å². The maximum atomic E-state index is 6.01. The van der Waals surface area contributed by atoms with E-state index in [-0.39, 0.29) is 6.04 Å². The van der Waals surface area contributed by atoms with Crippen molar-refractivity contribution < 1.29 is 9.47 Å². The van der Waals surface area contributed by atoms with Crippen molar-refractivity contribution in [3.63, 3.8) is 0 Å². The molecule has 0 radical (unpaired) electrons. The van der Waals surface area contributed by atoms with Crippen molar-refractivity contribution in [1.29, 1.82) is 0 Å². The molecule has 2 N–H and O–H groups in total. The zero-order valence-corrected chi connectivity index (χ0v) is 9.54. The van der Waals surface area contributed by atoms with Gasteiger partial charge < -0.3 is 15.2 Å². The molecule has 2 rings (SSSR count). The van der Waals surface area contributed by atoms with E-state index in [1.807, 2.05) is 6.07 Å². The Kier molecular flexibility index (Phi) is 2.76. The van der Waals surface area contributed by atoms with Crippen molar-refractivity contribution in [2.24, 2.45) is 5.73 Å². The normalized spacial score (nSPS) is 23.7. The predicted octanol–water partition coefficient (Wildman–Crippen LogP) is 2.17. The fourth-order valence-corrected chi connectivity index (χ4v) is 1.98. The second kappa shape index (κ2) is 3.91. The van der Waals surface area contributed by atoms with Crippen LogP contribution in [-0.4, -0.2) is 20.3 Å². The van der Waals surface area contributed by atoms with Crippen molar-refractivity contribution in [3.8, 4) is 11.5 Å². The molecule has 0 bridgehead atoms. The van der Waals surface area contributed by atoms with Crippen LogP contribution in [0.4, 0.5) is 0 Å². The lowest BCUT2D eigenvalue weighted by Crippen LogP contribution is -2.02. The van der Waals surface area contributed by atoms with Gasteiger partial charge in [-0.25, -0.2) is 0 Å². The van der Waals surface area contributed by atoms with E-state index in [0.717, 1.165) is 17.7 Å². The quantitative estimate of drug-likeness (QED) is 0.861. The molecular formula is C11H14ClNO2. The van der Waals surface area contributed by atoms with Crippen LogP contribution in [0.1, 0.15) is 17.9 Å². The minimum absolute atomic E-state index is 0.241. The summed E-state index contributed by atoms with van der Waals surface area (Å²) in [5.74, 6) is 1.84. The molecule has 1 fully saturated rings. The fourth-order valence-electron chi connectivity index (χ4n) is 1.75. The van der Waals surface area contributed by atoms with Crippen LogP contribution in [0.3, 0.4) is 0 Å². The molecule has 1 aliphatic carbocycles. The molecule has 1 saturated carbocycles. The summed E-state index contributed by atoms with van der Waals surface area (Å²) >= 11 is 6.01. The molecule has 1 aliphatic rings. The molecule has 0 spiro atoms. The van der Waals surface area contributed by atoms with Crippen LogP contribution in [0.25, 0.3) is 0 Å². The van der Waals surface area contributed by atoms with Gasteiger partial charge in [0, 0.05) is 23.6 Å². The molecule has 1 aromatic carbocycles. The second-order valence-corrected chi connectivity index (χ2v) is 4.14. The molecule has 0 amide bonds. The number of ether oxygens (including phenoxy) is 2. The molecule has 0 heterocycles. The first-order chi connectivity index (χ1) is 7.17.